The van der Waals surface area contributed by atoms with Gasteiger partial charge in [-0.25, -0.2) is 0 Å². The molecule has 1 saturated heterocycles. The average molecular weight is 200 g/mol. The van der Waals surface area contributed by atoms with E-state index in [1.807, 2.05) is 0 Å². The Hall–Kier alpha value is -0.940. The highest BCUT2D eigenvalue weighted by atomic mass is 16.3. The number of carbonyl (C=O) groups excluding carboxylic acids is 2. The van der Waals surface area contributed by atoms with Gasteiger partial charge in [-0.05, 0) is 12.8 Å². The summed E-state index contributed by atoms with van der Waals surface area (Å²) < 4.78 is 0. The number of nitrogens with zero attached hydrogens (tertiary/aromatic N) is 1. The smallest absolute Gasteiger partial charge is 0.246 e. The number of nitrogens with one attached hydrogen (secondary N) is 1. The van der Waals surface area contributed by atoms with Crippen molar-refractivity contribution in [1.29, 1.82) is 0 Å². The number of imide groups is 1. The van der Waals surface area contributed by atoms with Gasteiger partial charge in [0.1, 0.15) is 0 Å². The van der Waals surface area contributed by atoms with E-state index in [1.54, 1.807) is 13.8 Å². The van der Waals surface area contributed by atoms with Crippen molar-refractivity contribution in [2.75, 3.05) is 19.7 Å². The topological polar surface area (TPSA) is 69.6 Å². The predicted octanol–water partition coefficient (Wildman–Crippen LogP) is -1.04. The quantitative estimate of drug-likeness (QED) is 0.571. The van der Waals surface area contributed by atoms with Gasteiger partial charge in [-0.3, -0.25) is 19.8 Å². The van der Waals surface area contributed by atoms with E-state index >= 15 is 0 Å². The summed E-state index contributed by atoms with van der Waals surface area (Å²) in [5, 5.41) is 11.6. The Morgan fingerprint density at radius 3 is 2.86 bits per heavy atom. The molecular weight excluding hydrogens is 184 g/mol. The minimum absolute atomic E-state index is 0.0150. The predicted molar refractivity (Wildman–Crippen MR) is 50.4 cm³/mol. The van der Waals surface area contributed by atoms with Crippen LogP contribution in [0, 0.1) is 5.92 Å². The molecule has 1 fully saturated rings. The maximum atomic E-state index is 11.5. The molecule has 2 N–H and O–H groups in total. The molecule has 0 saturated carbocycles. The van der Waals surface area contributed by atoms with Gasteiger partial charge in [0.05, 0.1) is 12.6 Å². The highest BCUT2D eigenvalue weighted by Crippen LogP contribution is 2.06. The van der Waals surface area contributed by atoms with Gasteiger partial charge < -0.3 is 5.11 Å². The third-order valence-electron chi connectivity index (χ3n) is 2.30. The Bertz CT molecular complexity index is 242. The molecule has 1 rings (SSSR count). The van der Waals surface area contributed by atoms with Crippen LogP contribution in [-0.2, 0) is 9.59 Å². The fourth-order valence-electron chi connectivity index (χ4n) is 1.34. The monoisotopic (exact) mass is 200 g/mol. The van der Waals surface area contributed by atoms with Crippen LogP contribution in [0.5, 0.6) is 0 Å². The van der Waals surface area contributed by atoms with Gasteiger partial charge in [0.15, 0.2) is 0 Å². The lowest BCUT2D eigenvalue weighted by atomic mass is 10.1. The van der Waals surface area contributed by atoms with E-state index in [0.717, 1.165) is 0 Å². The average Bonchev–Trinajstić information content (AvgIpc) is 2.18. The molecule has 1 aliphatic rings. The maximum absolute atomic E-state index is 11.5. The Labute approximate surface area is 83.1 Å². The van der Waals surface area contributed by atoms with Crippen LogP contribution in [0.4, 0.5) is 0 Å². The summed E-state index contributed by atoms with van der Waals surface area (Å²) in [6.45, 7) is 4.02. The van der Waals surface area contributed by atoms with Crippen LogP contribution in [0.25, 0.3) is 0 Å². The van der Waals surface area contributed by atoms with Gasteiger partial charge in [0.25, 0.3) is 0 Å². The molecule has 0 aromatic rings. The molecule has 5 nitrogen and oxygen atoms in total. The molecule has 1 aliphatic heterocycles. The lowest BCUT2D eigenvalue weighted by Gasteiger charge is -2.31. The molecule has 1 heterocycles. The van der Waals surface area contributed by atoms with E-state index in [1.165, 1.54) is 4.90 Å². The molecule has 5 heteroatoms. The van der Waals surface area contributed by atoms with Gasteiger partial charge in [-0.1, -0.05) is 6.92 Å². The summed E-state index contributed by atoms with van der Waals surface area (Å²) in [7, 11) is 0. The van der Waals surface area contributed by atoms with Crippen molar-refractivity contribution in [2.24, 2.45) is 5.92 Å². The van der Waals surface area contributed by atoms with Crippen LogP contribution < -0.4 is 5.32 Å². The van der Waals surface area contributed by atoms with E-state index in [9.17, 15) is 9.59 Å². The van der Waals surface area contributed by atoms with Crippen molar-refractivity contribution in [3.8, 4) is 0 Å². The van der Waals surface area contributed by atoms with Crippen LogP contribution in [0.15, 0.2) is 0 Å². The number of aliphatic hydroxyl groups is 1. The Morgan fingerprint density at radius 2 is 2.29 bits per heavy atom. The third-order valence-corrected chi connectivity index (χ3v) is 2.30. The molecule has 2 unspecified atom stereocenters. The summed E-state index contributed by atoms with van der Waals surface area (Å²) in [6, 6.07) is -0.307. The van der Waals surface area contributed by atoms with E-state index < -0.39 is 0 Å². The fraction of sp³-hybridized carbons (Fsp3) is 0.778. The first-order chi connectivity index (χ1) is 6.56. The highest BCUT2D eigenvalue weighted by molar-refractivity contribution is 6.00. The summed E-state index contributed by atoms with van der Waals surface area (Å²) >= 11 is 0. The number of rotatable bonds is 3. The standard InChI is InChI=1S/C9H16N2O3/c1-6(5-12)4-11-8(13)3-10-7(2)9(11)14/h6-7,10,12H,3-5H2,1-2H3. The zero-order valence-electron chi connectivity index (χ0n) is 8.49. The van der Waals surface area contributed by atoms with Gasteiger partial charge in [-0.2, -0.15) is 0 Å². The minimum Gasteiger partial charge on any atom is -0.396 e. The molecule has 14 heavy (non-hydrogen) atoms. The zero-order chi connectivity index (χ0) is 10.7. The van der Waals surface area contributed by atoms with Crippen molar-refractivity contribution in [3.05, 3.63) is 0 Å². The van der Waals surface area contributed by atoms with Crippen LogP contribution in [0.3, 0.4) is 0 Å². The highest BCUT2D eigenvalue weighted by Gasteiger charge is 2.31. The van der Waals surface area contributed by atoms with Crippen molar-refractivity contribution < 1.29 is 14.7 Å². The third kappa shape index (κ3) is 2.30. The molecule has 0 bridgehead atoms. The van der Waals surface area contributed by atoms with Crippen molar-refractivity contribution >= 4 is 11.8 Å². The van der Waals surface area contributed by atoms with E-state index in [-0.39, 0.29) is 36.9 Å². The summed E-state index contributed by atoms with van der Waals surface area (Å²) in [4.78, 5) is 24.1. The fourth-order valence-corrected chi connectivity index (χ4v) is 1.34. The van der Waals surface area contributed by atoms with Gasteiger partial charge in [0.2, 0.25) is 11.8 Å². The maximum Gasteiger partial charge on any atom is 0.246 e. The van der Waals surface area contributed by atoms with E-state index in [2.05, 4.69) is 5.32 Å². The molecule has 0 aromatic carbocycles. The van der Waals surface area contributed by atoms with Crippen LogP contribution in [0.1, 0.15) is 13.8 Å². The van der Waals surface area contributed by atoms with Crippen molar-refractivity contribution in [1.82, 2.24) is 10.2 Å². The summed E-state index contributed by atoms with van der Waals surface area (Å²) in [5.41, 5.74) is 0. The van der Waals surface area contributed by atoms with Crippen LogP contribution >= 0.6 is 0 Å². The van der Waals surface area contributed by atoms with Gasteiger partial charge in [0, 0.05) is 13.2 Å². The molecular formula is C9H16N2O3. The number of aliphatic hydroxyl groups excluding tert-OH is 1. The van der Waals surface area contributed by atoms with Gasteiger partial charge >= 0.3 is 0 Å². The molecule has 2 amide bonds. The number of amides is 2. The largest absolute Gasteiger partial charge is 0.396 e. The molecule has 0 radical (unpaired) electrons. The minimum atomic E-state index is -0.307. The first kappa shape index (κ1) is 11.1. The van der Waals surface area contributed by atoms with Crippen LogP contribution in [-0.4, -0.2) is 47.6 Å². The Balaban J connectivity index is 2.63. The molecule has 0 spiro atoms. The van der Waals surface area contributed by atoms with Gasteiger partial charge in [-0.15, -0.1) is 0 Å². The second kappa shape index (κ2) is 4.52. The first-order valence-corrected chi connectivity index (χ1v) is 4.74. The molecule has 80 valence electrons. The van der Waals surface area contributed by atoms with E-state index in [4.69, 9.17) is 5.11 Å². The normalized spacial score (nSPS) is 25.4. The lowest BCUT2D eigenvalue weighted by Crippen LogP contribution is -2.57. The van der Waals surface area contributed by atoms with Crippen molar-refractivity contribution in [3.63, 3.8) is 0 Å². The molecule has 0 aliphatic carbocycles. The van der Waals surface area contributed by atoms with E-state index in [0.29, 0.717) is 6.54 Å². The van der Waals surface area contributed by atoms with Crippen molar-refractivity contribution in [2.45, 2.75) is 19.9 Å². The first-order valence-electron chi connectivity index (χ1n) is 4.74. The number of piperazine rings is 1. The number of carbonyl (C=O) groups is 2. The SMILES string of the molecule is CC(CO)CN1C(=O)CNC(C)C1=O. The Morgan fingerprint density at radius 1 is 1.64 bits per heavy atom. The lowest BCUT2D eigenvalue weighted by molar-refractivity contribution is -0.149. The molecule has 2 atom stereocenters. The zero-order valence-corrected chi connectivity index (χ0v) is 8.49. The number of hydrogen-bond acceptors (Lipinski definition) is 4. The Kier molecular flexibility index (Phi) is 3.60. The second-order valence-corrected chi connectivity index (χ2v) is 3.73. The molecule has 0 aromatic heterocycles. The van der Waals surface area contributed by atoms with Crippen LogP contribution in [0.2, 0.25) is 0 Å². The number of hydrogen-bond donors (Lipinski definition) is 2. The summed E-state index contributed by atoms with van der Waals surface area (Å²) in [6.07, 6.45) is 0. The summed E-state index contributed by atoms with van der Waals surface area (Å²) in [5.74, 6) is -0.483. The second-order valence-electron chi connectivity index (χ2n) is 3.73.